The predicted molar refractivity (Wildman–Crippen MR) is 85.1 cm³/mol. The Balaban J connectivity index is 1.49. The van der Waals surface area contributed by atoms with Crippen LogP contribution < -0.4 is 0 Å². The molecule has 1 saturated heterocycles. The zero-order valence-electron chi connectivity index (χ0n) is 12.6. The average Bonchev–Trinajstić information content (AvgIpc) is 3.23. The fourth-order valence-corrected chi connectivity index (χ4v) is 3.36. The first kappa shape index (κ1) is 14.0. The number of amidine groups is 1. The summed E-state index contributed by atoms with van der Waals surface area (Å²) in [5, 5.41) is 9.29. The quantitative estimate of drug-likeness (QED) is 0.562. The zero-order chi connectivity index (χ0) is 15.8. The van der Waals surface area contributed by atoms with Crippen molar-refractivity contribution in [1.29, 1.82) is 5.41 Å². The Morgan fingerprint density at radius 2 is 2.17 bits per heavy atom. The first-order chi connectivity index (χ1) is 11.2. The molecule has 0 spiro atoms. The van der Waals surface area contributed by atoms with Crippen LogP contribution in [0.15, 0.2) is 41.5 Å². The molecule has 23 heavy (non-hydrogen) atoms. The van der Waals surface area contributed by atoms with Crippen LogP contribution in [0.5, 0.6) is 0 Å². The van der Waals surface area contributed by atoms with Gasteiger partial charge in [-0.2, -0.15) is 0 Å². The lowest BCUT2D eigenvalue weighted by Crippen LogP contribution is -2.38. The van der Waals surface area contributed by atoms with Crippen LogP contribution in [0.4, 0.5) is 4.39 Å². The van der Waals surface area contributed by atoms with Crippen LogP contribution in [0.1, 0.15) is 30.0 Å². The van der Waals surface area contributed by atoms with E-state index in [1.807, 2.05) is 17.2 Å². The van der Waals surface area contributed by atoms with E-state index in [-0.39, 0.29) is 5.82 Å². The maximum Gasteiger partial charge on any atom is 0.181 e. The highest BCUT2D eigenvalue weighted by molar-refractivity contribution is 5.94. The number of aromatic nitrogens is 2. The number of rotatable bonds is 2. The van der Waals surface area contributed by atoms with Gasteiger partial charge in [0.15, 0.2) is 6.39 Å². The van der Waals surface area contributed by atoms with Crippen molar-refractivity contribution in [3.8, 4) is 0 Å². The third kappa shape index (κ3) is 2.50. The molecule has 1 aliphatic heterocycles. The lowest BCUT2D eigenvalue weighted by atomic mass is 9.89. The molecule has 6 heteroatoms. The van der Waals surface area contributed by atoms with Gasteiger partial charge in [-0.3, -0.25) is 5.41 Å². The van der Waals surface area contributed by atoms with Gasteiger partial charge in [0.25, 0.3) is 0 Å². The van der Waals surface area contributed by atoms with Crippen LogP contribution in [0.25, 0.3) is 10.9 Å². The summed E-state index contributed by atoms with van der Waals surface area (Å²) in [6.07, 6.45) is 6.77. The van der Waals surface area contributed by atoms with Gasteiger partial charge < -0.3 is 14.3 Å². The van der Waals surface area contributed by atoms with Crippen LogP contribution in [-0.4, -0.2) is 33.8 Å². The molecule has 0 radical (unpaired) electrons. The van der Waals surface area contributed by atoms with Gasteiger partial charge in [0, 0.05) is 30.2 Å². The third-order valence-corrected chi connectivity index (χ3v) is 4.60. The van der Waals surface area contributed by atoms with Gasteiger partial charge in [-0.05, 0) is 42.5 Å². The normalized spacial score (nSPS) is 16.1. The summed E-state index contributed by atoms with van der Waals surface area (Å²) in [7, 11) is 0. The molecule has 3 aromatic rings. The summed E-state index contributed by atoms with van der Waals surface area (Å²) in [6.45, 7) is 1.62. The number of oxazole rings is 1. The highest BCUT2D eigenvalue weighted by atomic mass is 19.1. The number of hydrogen-bond acceptors (Lipinski definition) is 3. The molecule has 0 atom stereocenters. The van der Waals surface area contributed by atoms with Crippen molar-refractivity contribution in [3.63, 3.8) is 0 Å². The molecule has 5 nitrogen and oxygen atoms in total. The Labute approximate surface area is 132 Å². The number of aromatic amines is 1. The molecule has 0 saturated carbocycles. The molecule has 0 unspecified atom stereocenters. The summed E-state index contributed by atoms with van der Waals surface area (Å²) in [5.41, 5.74) is 2.66. The third-order valence-electron chi connectivity index (χ3n) is 4.60. The van der Waals surface area contributed by atoms with Gasteiger partial charge in [0.2, 0.25) is 0 Å². The molecule has 1 aromatic carbocycles. The van der Waals surface area contributed by atoms with Crippen molar-refractivity contribution in [2.45, 2.75) is 18.8 Å². The van der Waals surface area contributed by atoms with E-state index in [4.69, 9.17) is 9.83 Å². The molecule has 118 valence electrons. The monoisotopic (exact) mass is 312 g/mol. The average molecular weight is 312 g/mol. The number of benzene rings is 1. The summed E-state index contributed by atoms with van der Waals surface area (Å²) < 4.78 is 18.2. The topological polar surface area (TPSA) is 68.9 Å². The summed E-state index contributed by atoms with van der Waals surface area (Å²) in [5.74, 6) is 0.621. The SMILES string of the molecule is N=C(c1cocn1)N1CCC(c2c[nH]c3cc(F)ccc23)CC1. The summed E-state index contributed by atoms with van der Waals surface area (Å²) >= 11 is 0. The largest absolute Gasteiger partial charge is 0.451 e. The number of likely N-dealkylation sites (tertiary alicyclic amines) is 1. The fourth-order valence-electron chi connectivity index (χ4n) is 3.36. The smallest absolute Gasteiger partial charge is 0.181 e. The molecule has 3 heterocycles. The second-order valence-electron chi connectivity index (χ2n) is 5.92. The number of hydrogen-bond donors (Lipinski definition) is 2. The van der Waals surface area contributed by atoms with Crippen molar-refractivity contribution in [1.82, 2.24) is 14.9 Å². The van der Waals surface area contributed by atoms with Crippen molar-refractivity contribution in [2.24, 2.45) is 0 Å². The Morgan fingerprint density at radius 1 is 1.35 bits per heavy atom. The fraction of sp³-hybridized carbons (Fsp3) is 0.294. The maximum absolute atomic E-state index is 13.3. The summed E-state index contributed by atoms with van der Waals surface area (Å²) in [6, 6.07) is 4.89. The Kier molecular flexibility index (Phi) is 3.37. The number of nitrogens with one attached hydrogen (secondary N) is 2. The second kappa shape index (κ2) is 5.53. The van der Waals surface area contributed by atoms with Gasteiger partial charge in [-0.15, -0.1) is 0 Å². The molecule has 0 bridgehead atoms. The van der Waals surface area contributed by atoms with E-state index in [2.05, 4.69) is 9.97 Å². The van der Waals surface area contributed by atoms with E-state index in [0.717, 1.165) is 36.8 Å². The lowest BCUT2D eigenvalue weighted by Gasteiger charge is -2.33. The molecule has 0 aliphatic carbocycles. The Hall–Kier alpha value is -2.63. The number of halogens is 1. The highest BCUT2D eigenvalue weighted by Crippen LogP contribution is 2.33. The van der Waals surface area contributed by atoms with Gasteiger partial charge in [-0.1, -0.05) is 0 Å². The number of fused-ring (bicyclic) bond motifs is 1. The Morgan fingerprint density at radius 3 is 2.91 bits per heavy atom. The van der Waals surface area contributed by atoms with Crippen LogP contribution >= 0.6 is 0 Å². The van der Waals surface area contributed by atoms with E-state index in [1.165, 1.54) is 30.4 Å². The number of piperidine rings is 1. The molecular formula is C17H17FN4O. The lowest BCUT2D eigenvalue weighted by molar-refractivity contribution is 0.312. The van der Waals surface area contributed by atoms with Crippen molar-refractivity contribution in [3.05, 3.63) is 54.1 Å². The number of H-pyrrole nitrogens is 1. The minimum atomic E-state index is -0.221. The standard InChI is InChI=1S/C17H17FN4O/c18-12-1-2-13-14(8-20-15(13)7-12)11-3-5-22(6-4-11)17(19)16-9-23-10-21-16/h1-2,7-11,19-20H,3-6H2. The van der Waals surface area contributed by atoms with E-state index in [9.17, 15) is 4.39 Å². The minimum Gasteiger partial charge on any atom is -0.451 e. The van der Waals surface area contributed by atoms with E-state index >= 15 is 0 Å². The van der Waals surface area contributed by atoms with Crippen molar-refractivity contribution >= 4 is 16.7 Å². The van der Waals surface area contributed by atoms with Crippen molar-refractivity contribution < 1.29 is 8.81 Å². The second-order valence-corrected chi connectivity index (χ2v) is 5.92. The van der Waals surface area contributed by atoms with Crippen LogP contribution in [0.2, 0.25) is 0 Å². The molecule has 2 N–H and O–H groups in total. The van der Waals surface area contributed by atoms with Crippen LogP contribution in [0, 0.1) is 11.2 Å². The summed E-state index contributed by atoms with van der Waals surface area (Å²) in [4.78, 5) is 9.23. The van der Waals surface area contributed by atoms with Crippen LogP contribution in [0.3, 0.4) is 0 Å². The molecular weight excluding hydrogens is 295 g/mol. The molecule has 2 aromatic heterocycles. The van der Waals surface area contributed by atoms with Crippen molar-refractivity contribution in [2.75, 3.05) is 13.1 Å². The van der Waals surface area contributed by atoms with Gasteiger partial charge in [0.05, 0.1) is 0 Å². The van der Waals surface area contributed by atoms with E-state index < -0.39 is 0 Å². The molecule has 0 amide bonds. The first-order valence-electron chi connectivity index (χ1n) is 7.71. The predicted octanol–water partition coefficient (Wildman–Crippen LogP) is 3.50. The van der Waals surface area contributed by atoms with E-state index in [1.54, 1.807) is 0 Å². The van der Waals surface area contributed by atoms with Gasteiger partial charge in [0.1, 0.15) is 23.6 Å². The minimum absolute atomic E-state index is 0.221. The van der Waals surface area contributed by atoms with Crippen LogP contribution in [-0.2, 0) is 0 Å². The molecule has 1 fully saturated rings. The van der Waals surface area contributed by atoms with E-state index in [0.29, 0.717) is 17.4 Å². The maximum atomic E-state index is 13.3. The first-order valence-corrected chi connectivity index (χ1v) is 7.71. The van der Waals surface area contributed by atoms with Gasteiger partial charge >= 0.3 is 0 Å². The number of nitrogens with zero attached hydrogens (tertiary/aromatic N) is 2. The molecule has 1 aliphatic rings. The zero-order valence-corrected chi connectivity index (χ0v) is 12.6. The highest BCUT2D eigenvalue weighted by Gasteiger charge is 2.25. The van der Waals surface area contributed by atoms with Gasteiger partial charge in [-0.25, -0.2) is 9.37 Å². The molecule has 4 rings (SSSR count). The Bertz CT molecular complexity index is 832.